The number of likely N-dealkylation sites (N-methyl/N-ethyl adjacent to an activating group) is 1. The number of likely N-dealkylation sites (tertiary alicyclic amines) is 1. The number of carbonyl (C=O) groups excluding carboxylic acids is 1. The summed E-state index contributed by atoms with van der Waals surface area (Å²) in [5, 5.41) is 3.44. The number of halogens is 1. The Bertz CT molecular complexity index is 782. The van der Waals surface area contributed by atoms with Crippen LogP contribution in [0.25, 0.3) is 0 Å². The Morgan fingerprint density at radius 1 is 1.38 bits per heavy atom. The first-order chi connectivity index (χ1) is 12.5. The summed E-state index contributed by atoms with van der Waals surface area (Å²) in [6, 6.07) is 6.56. The molecule has 1 aromatic carbocycles. The third-order valence-corrected chi connectivity index (χ3v) is 4.71. The maximum atomic E-state index is 13.2. The molecule has 6 nitrogen and oxygen atoms in total. The van der Waals surface area contributed by atoms with Gasteiger partial charge in [-0.3, -0.25) is 0 Å². The first kappa shape index (κ1) is 18.3. The summed E-state index contributed by atoms with van der Waals surface area (Å²) < 4.78 is 18.0. The van der Waals surface area contributed by atoms with Crippen LogP contribution in [0.5, 0.6) is 0 Å². The Labute approximate surface area is 152 Å². The van der Waals surface area contributed by atoms with Gasteiger partial charge in [-0.2, -0.15) is 0 Å². The lowest BCUT2D eigenvalue weighted by atomic mass is 9.97. The quantitative estimate of drug-likeness (QED) is 0.829. The Balaban J connectivity index is 1.95. The average Bonchev–Trinajstić information content (AvgIpc) is 3.06. The molecule has 0 saturated carbocycles. The van der Waals surface area contributed by atoms with Crippen LogP contribution in [0.4, 0.5) is 10.2 Å². The van der Waals surface area contributed by atoms with E-state index in [1.165, 1.54) is 25.4 Å². The minimum atomic E-state index is -0.530. The fourth-order valence-electron chi connectivity index (χ4n) is 3.17. The minimum absolute atomic E-state index is 0.158. The van der Waals surface area contributed by atoms with Gasteiger partial charge in [-0.05, 0) is 37.7 Å². The van der Waals surface area contributed by atoms with Gasteiger partial charge >= 0.3 is 5.97 Å². The molecule has 1 aromatic heterocycles. The second-order valence-electron chi connectivity index (χ2n) is 6.65. The second kappa shape index (κ2) is 7.78. The predicted molar refractivity (Wildman–Crippen MR) is 96.8 cm³/mol. The first-order valence-electron chi connectivity index (χ1n) is 8.63. The fraction of sp³-hybridized carbons (Fsp3) is 0.421. The highest BCUT2D eigenvalue weighted by atomic mass is 19.1. The Kier molecular flexibility index (Phi) is 5.46. The fourth-order valence-corrected chi connectivity index (χ4v) is 3.17. The molecule has 2 aromatic rings. The molecule has 26 heavy (non-hydrogen) atoms. The highest BCUT2D eigenvalue weighted by Gasteiger charge is 2.24. The van der Waals surface area contributed by atoms with Gasteiger partial charge in [-0.15, -0.1) is 0 Å². The normalized spacial score (nSPS) is 18.5. The van der Waals surface area contributed by atoms with Crippen LogP contribution in [0.15, 0.2) is 30.5 Å². The van der Waals surface area contributed by atoms with Gasteiger partial charge in [-0.25, -0.2) is 19.2 Å². The number of anilines is 1. The number of hydrogen-bond acceptors (Lipinski definition) is 6. The lowest BCUT2D eigenvalue weighted by molar-refractivity contribution is 0.0593. The number of esters is 1. The SMILES string of the molecule is COC(=O)c1cnc(N[C@@H]2CCN(C)C2)c(C(C)c2ccc(F)cc2)n1. The van der Waals surface area contributed by atoms with Crippen molar-refractivity contribution >= 4 is 11.8 Å². The number of aromatic nitrogens is 2. The summed E-state index contributed by atoms with van der Waals surface area (Å²) in [7, 11) is 3.39. The van der Waals surface area contributed by atoms with Crippen molar-refractivity contribution in [2.45, 2.75) is 25.3 Å². The molecular formula is C19H23FN4O2. The predicted octanol–water partition coefficient (Wildman–Crippen LogP) is 2.67. The molecule has 138 valence electrons. The van der Waals surface area contributed by atoms with E-state index in [1.54, 1.807) is 12.1 Å². The molecule has 2 atom stereocenters. The van der Waals surface area contributed by atoms with Crippen molar-refractivity contribution in [3.05, 3.63) is 53.2 Å². The number of benzene rings is 1. The van der Waals surface area contributed by atoms with Crippen molar-refractivity contribution in [1.29, 1.82) is 0 Å². The molecule has 0 spiro atoms. The van der Waals surface area contributed by atoms with Crippen LogP contribution in [0.1, 0.15) is 41.0 Å². The maximum absolute atomic E-state index is 13.2. The van der Waals surface area contributed by atoms with E-state index in [0.717, 1.165) is 25.1 Å². The van der Waals surface area contributed by atoms with Crippen LogP contribution in [0, 0.1) is 5.82 Å². The Morgan fingerprint density at radius 2 is 2.12 bits per heavy atom. The Morgan fingerprint density at radius 3 is 2.73 bits per heavy atom. The number of carbonyl (C=O) groups is 1. The largest absolute Gasteiger partial charge is 0.464 e. The molecule has 0 radical (unpaired) electrons. The maximum Gasteiger partial charge on any atom is 0.358 e. The van der Waals surface area contributed by atoms with Crippen molar-refractivity contribution in [1.82, 2.24) is 14.9 Å². The number of ether oxygens (including phenoxy) is 1. The molecule has 1 N–H and O–H groups in total. The molecule has 0 aliphatic carbocycles. The van der Waals surface area contributed by atoms with Gasteiger partial charge in [0.25, 0.3) is 0 Å². The highest BCUT2D eigenvalue weighted by Crippen LogP contribution is 2.29. The number of rotatable bonds is 5. The van der Waals surface area contributed by atoms with Gasteiger partial charge in [0.15, 0.2) is 5.69 Å². The van der Waals surface area contributed by atoms with Gasteiger partial charge in [-0.1, -0.05) is 19.1 Å². The molecule has 1 fully saturated rings. The van der Waals surface area contributed by atoms with Gasteiger partial charge < -0.3 is 15.0 Å². The summed E-state index contributed by atoms with van der Waals surface area (Å²) >= 11 is 0. The number of hydrogen-bond donors (Lipinski definition) is 1. The van der Waals surface area contributed by atoms with Crippen molar-refractivity contribution in [3.8, 4) is 0 Å². The Hall–Kier alpha value is -2.54. The van der Waals surface area contributed by atoms with Crippen molar-refractivity contribution < 1.29 is 13.9 Å². The van der Waals surface area contributed by atoms with E-state index in [0.29, 0.717) is 11.5 Å². The van der Waals surface area contributed by atoms with Crippen LogP contribution in [-0.4, -0.2) is 54.1 Å². The minimum Gasteiger partial charge on any atom is -0.464 e. The third kappa shape index (κ3) is 3.99. The molecule has 7 heteroatoms. The van der Waals surface area contributed by atoms with Crippen molar-refractivity contribution in [3.63, 3.8) is 0 Å². The molecule has 1 aliphatic heterocycles. The van der Waals surface area contributed by atoms with Crippen LogP contribution in [-0.2, 0) is 4.74 Å². The van der Waals surface area contributed by atoms with Crippen molar-refractivity contribution in [2.24, 2.45) is 0 Å². The molecular weight excluding hydrogens is 335 g/mol. The first-order valence-corrected chi connectivity index (χ1v) is 8.63. The van der Waals surface area contributed by atoms with Crippen molar-refractivity contribution in [2.75, 3.05) is 32.6 Å². The number of nitrogens with zero attached hydrogens (tertiary/aromatic N) is 3. The van der Waals surface area contributed by atoms with Gasteiger partial charge in [0.1, 0.15) is 11.6 Å². The van der Waals surface area contributed by atoms with E-state index in [2.05, 4.69) is 27.2 Å². The van der Waals surface area contributed by atoms with Gasteiger partial charge in [0.05, 0.1) is 19.0 Å². The highest BCUT2D eigenvalue weighted by molar-refractivity contribution is 5.87. The van der Waals surface area contributed by atoms with E-state index < -0.39 is 5.97 Å². The lowest BCUT2D eigenvalue weighted by Crippen LogP contribution is -2.25. The topological polar surface area (TPSA) is 67.3 Å². The van der Waals surface area contributed by atoms with E-state index >= 15 is 0 Å². The molecule has 1 saturated heterocycles. The van der Waals surface area contributed by atoms with E-state index in [-0.39, 0.29) is 23.5 Å². The summed E-state index contributed by atoms with van der Waals surface area (Å²) in [6.07, 6.45) is 2.44. The molecule has 1 aliphatic rings. The summed E-state index contributed by atoms with van der Waals surface area (Å²) in [5.41, 5.74) is 1.70. The molecule has 2 heterocycles. The lowest BCUT2D eigenvalue weighted by Gasteiger charge is -2.20. The summed E-state index contributed by atoms with van der Waals surface area (Å²) in [6.45, 7) is 3.91. The molecule has 0 bridgehead atoms. The average molecular weight is 358 g/mol. The second-order valence-corrected chi connectivity index (χ2v) is 6.65. The zero-order chi connectivity index (χ0) is 18.7. The molecule has 1 unspecified atom stereocenters. The van der Waals surface area contributed by atoms with Crippen LogP contribution in [0.2, 0.25) is 0 Å². The van der Waals surface area contributed by atoms with Gasteiger partial charge in [0.2, 0.25) is 0 Å². The molecule has 0 amide bonds. The third-order valence-electron chi connectivity index (χ3n) is 4.71. The monoisotopic (exact) mass is 358 g/mol. The van der Waals surface area contributed by atoms with Crippen LogP contribution >= 0.6 is 0 Å². The van der Waals surface area contributed by atoms with E-state index in [1.807, 2.05) is 6.92 Å². The number of nitrogens with one attached hydrogen (secondary N) is 1. The molecule has 3 rings (SSSR count). The van der Waals surface area contributed by atoms with Gasteiger partial charge in [0, 0.05) is 18.5 Å². The van der Waals surface area contributed by atoms with E-state index in [9.17, 15) is 9.18 Å². The number of methoxy groups -OCH3 is 1. The van der Waals surface area contributed by atoms with Crippen LogP contribution in [0.3, 0.4) is 0 Å². The van der Waals surface area contributed by atoms with Crippen LogP contribution < -0.4 is 5.32 Å². The summed E-state index contributed by atoms with van der Waals surface area (Å²) in [5.74, 6) is -0.330. The standard InChI is InChI=1S/C19H23FN4O2/c1-12(13-4-6-14(20)7-5-13)17-18(22-15-8-9-24(2)11-15)21-10-16(23-17)19(25)26-3/h4-7,10,12,15H,8-9,11H2,1-3H3,(H,21,22)/t12?,15-/m1/s1. The summed E-state index contributed by atoms with van der Waals surface area (Å²) in [4.78, 5) is 23.0. The zero-order valence-electron chi connectivity index (χ0n) is 15.2. The smallest absolute Gasteiger partial charge is 0.358 e. The zero-order valence-corrected chi connectivity index (χ0v) is 15.2. The van der Waals surface area contributed by atoms with E-state index in [4.69, 9.17) is 4.74 Å².